The number of benzene rings is 1. The molecular formula is C14H14ClFN2S. The van der Waals surface area contributed by atoms with Gasteiger partial charge in [-0.25, -0.2) is 9.37 Å². The molecule has 0 aliphatic carbocycles. The molecule has 2 nitrogen and oxygen atoms in total. The van der Waals surface area contributed by atoms with Gasteiger partial charge in [-0.2, -0.15) is 0 Å². The summed E-state index contributed by atoms with van der Waals surface area (Å²) in [6.45, 7) is 5.84. The van der Waals surface area contributed by atoms with Gasteiger partial charge in [-0.3, -0.25) is 0 Å². The maximum absolute atomic E-state index is 14.0. The molecule has 0 saturated heterocycles. The molecule has 0 fully saturated rings. The number of nitrogens with zero attached hydrogens (tertiary/aromatic N) is 1. The van der Waals surface area contributed by atoms with Gasteiger partial charge in [0.05, 0.1) is 5.69 Å². The topological polar surface area (TPSA) is 28.7 Å². The molecule has 0 aliphatic heterocycles. The molecule has 1 aromatic carbocycles. The number of halogens is 2. The molecule has 5 heteroatoms. The lowest BCUT2D eigenvalue weighted by atomic mass is 10.1. The molecule has 1 aromatic heterocycles. The molecule has 0 saturated carbocycles. The van der Waals surface area contributed by atoms with Gasteiger partial charge in [0.2, 0.25) is 0 Å². The summed E-state index contributed by atoms with van der Waals surface area (Å²) in [6, 6.07) is 4.60. The van der Waals surface area contributed by atoms with Crippen molar-refractivity contribution in [2.24, 2.45) is 0 Å². The molecule has 0 amide bonds. The van der Waals surface area contributed by atoms with E-state index in [9.17, 15) is 4.39 Å². The molecule has 0 spiro atoms. The van der Waals surface area contributed by atoms with Crippen LogP contribution in [0.25, 0.3) is 11.3 Å². The summed E-state index contributed by atoms with van der Waals surface area (Å²) < 4.78 is 14.5. The molecule has 0 radical (unpaired) electrons. The first-order chi connectivity index (χ1) is 8.90. The zero-order valence-electron chi connectivity index (χ0n) is 10.9. The SMILES string of the molecule is Cc1c(-c2ccc(Cl)cc2F)[nH]c(C(C)C)nc1=S. The van der Waals surface area contributed by atoms with E-state index in [1.54, 1.807) is 12.1 Å². The molecule has 1 N–H and O–H groups in total. The monoisotopic (exact) mass is 296 g/mol. The Labute approximate surface area is 121 Å². The van der Waals surface area contributed by atoms with Crippen molar-refractivity contribution in [2.45, 2.75) is 26.7 Å². The lowest BCUT2D eigenvalue weighted by Crippen LogP contribution is -2.03. The molecule has 2 rings (SSSR count). The van der Waals surface area contributed by atoms with Crippen LogP contribution < -0.4 is 0 Å². The molecule has 0 bridgehead atoms. The first-order valence-corrected chi connectivity index (χ1v) is 6.75. The van der Waals surface area contributed by atoms with E-state index in [4.69, 9.17) is 23.8 Å². The number of nitrogens with one attached hydrogen (secondary N) is 1. The molecule has 0 aliphatic rings. The maximum atomic E-state index is 14.0. The fourth-order valence-electron chi connectivity index (χ4n) is 1.78. The Morgan fingerprint density at radius 1 is 1.37 bits per heavy atom. The number of aromatic nitrogens is 2. The zero-order chi connectivity index (χ0) is 14.2. The second-order valence-corrected chi connectivity index (χ2v) is 5.53. The van der Waals surface area contributed by atoms with E-state index in [-0.39, 0.29) is 11.7 Å². The Bertz CT molecular complexity index is 680. The van der Waals surface area contributed by atoms with E-state index in [1.165, 1.54) is 6.07 Å². The van der Waals surface area contributed by atoms with Crippen LogP contribution in [0.15, 0.2) is 18.2 Å². The van der Waals surface area contributed by atoms with Crippen LogP contribution in [-0.4, -0.2) is 9.97 Å². The maximum Gasteiger partial charge on any atom is 0.134 e. The fraction of sp³-hybridized carbons (Fsp3) is 0.286. The minimum Gasteiger partial charge on any atom is -0.343 e. The van der Waals surface area contributed by atoms with Gasteiger partial charge in [0, 0.05) is 22.1 Å². The molecule has 100 valence electrons. The van der Waals surface area contributed by atoms with Gasteiger partial charge in [-0.15, -0.1) is 0 Å². The fourth-order valence-corrected chi connectivity index (χ4v) is 2.14. The summed E-state index contributed by atoms with van der Waals surface area (Å²) in [7, 11) is 0. The van der Waals surface area contributed by atoms with Crippen molar-refractivity contribution in [1.82, 2.24) is 9.97 Å². The zero-order valence-corrected chi connectivity index (χ0v) is 12.5. The Hall–Kier alpha value is -1.26. The lowest BCUT2D eigenvalue weighted by Gasteiger charge is -2.12. The van der Waals surface area contributed by atoms with Crippen molar-refractivity contribution in [2.75, 3.05) is 0 Å². The van der Waals surface area contributed by atoms with Crippen molar-refractivity contribution >= 4 is 23.8 Å². The van der Waals surface area contributed by atoms with Crippen LogP contribution in [0, 0.1) is 17.4 Å². The summed E-state index contributed by atoms with van der Waals surface area (Å²) >= 11 is 11.0. The van der Waals surface area contributed by atoms with Gasteiger partial charge in [0.1, 0.15) is 16.3 Å². The van der Waals surface area contributed by atoms with Gasteiger partial charge in [-0.1, -0.05) is 37.7 Å². The second-order valence-electron chi connectivity index (χ2n) is 4.71. The highest BCUT2D eigenvalue weighted by Gasteiger charge is 2.13. The van der Waals surface area contributed by atoms with Crippen LogP contribution in [0.4, 0.5) is 4.39 Å². The Morgan fingerprint density at radius 2 is 2.05 bits per heavy atom. The summed E-state index contributed by atoms with van der Waals surface area (Å²) in [4.78, 5) is 7.49. The Morgan fingerprint density at radius 3 is 2.63 bits per heavy atom. The minimum absolute atomic E-state index is 0.191. The van der Waals surface area contributed by atoms with E-state index in [0.29, 0.717) is 20.9 Å². The smallest absolute Gasteiger partial charge is 0.134 e. The van der Waals surface area contributed by atoms with Crippen LogP contribution in [0.3, 0.4) is 0 Å². The van der Waals surface area contributed by atoms with Gasteiger partial charge >= 0.3 is 0 Å². The van der Waals surface area contributed by atoms with E-state index >= 15 is 0 Å². The molecule has 19 heavy (non-hydrogen) atoms. The highest BCUT2D eigenvalue weighted by Crippen LogP contribution is 2.27. The van der Waals surface area contributed by atoms with Crippen molar-refractivity contribution in [3.63, 3.8) is 0 Å². The van der Waals surface area contributed by atoms with Crippen LogP contribution >= 0.6 is 23.8 Å². The number of hydrogen-bond donors (Lipinski definition) is 1. The predicted octanol–water partition coefficient (Wildman–Crippen LogP) is 5.03. The molecular weight excluding hydrogens is 283 g/mol. The molecule has 0 unspecified atom stereocenters. The van der Waals surface area contributed by atoms with Crippen molar-refractivity contribution in [3.05, 3.63) is 45.1 Å². The summed E-state index contributed by atoms with van der Waals surface area (Å²) in [5.74, 6) is 0.568. The standard InChI is InChI=1S/C14H14ClFN2S/c1-7(2)13-17-12(8(3)14(19)18-13)10-5-4-9(15)6-11(10)16/h4-7H,1-3H3,(H,17,18,19). The average Bonchev–Trinajstić information content (AvgIpc) is 2.33. The highest BCUT2D eigenvalue weighted by molar-refractivity contribution is 7.71. The normalized spacial score (nSPS) is 11.1. The molecule has 1 heterocycles. The van der Waals surface area contributed by atoms with Gasteiger partial charge < -0.3 is 4.98 Å². The number of H-pyrrole nitrogens is 1. The van der Waals surface area contributed by atoms with E-state index < -0.39 is 0 Å². The lowest BCUT2D eigenvalue weighted by molar-refractivity contribution is 0.630. The van der Waals surface area contributed by atoms with Gasteiger partial charge in [0.15, 0.2) is 0 Å². The van der Waals surface area contributed by atoms with E-state index in [1.807, 2.05) is 20.8 Å². The van der Waals surface area contributed by atoms with Crippen molar-refractivity contribution < 1.29 is 4.39 Å². The third kappa shape index (κ3) is 2.85. The summed E-state index contributed by atoms with van der Waals surface area (Å²) in [6.07, 6.45) is 0. The van der Waals surface area contributed by atoms with Gasteiger partial charge in [-0.05, 0) is 25.1 Å². The van der Waals surface area contributed by atoms with Crippen molar-refractivity contribution in [1.29, 1.82) is 0 Å². The number of hydrogen-bond acceptors (Lipinski definition) is 2. The van der Waals surface area contributed by atoms with Crippen molar-refractivity contribution in [3.8, 4) is 11.3 Å². The molecule has 2 aromatic rings. The Kier molecular flexibility index (Phi) is 4.02. The Balaban J connectivity index is 2.70. The van der Waals surface area contributed by atoms with Crippen LogP contribution in [0.1, 0.15) is 31.2 Å². The van der Waals surface area contributed by atoms with E-state index in [0.717, 1.165) is 11.4 Å². The first-order valence-electron chi connectivity index (χ1n) is 5.96. The van der Waals surface area contributed by atoms with Gasteiger partial charge in [0.25, 0.3) is 0 Å². The number of aromatic amines is 1. The highest BCUT2D eigenvalue weighted by atomic mass is 35.5. The summed E-state index contributed by atoms with van der Waals surface area (Å²) in [5, 5.41) is 0.371. The first kappa shape index (κ1) is 14.2. The van der Waals surface area contributed by atoms with Crippen LogP contribution in [0.2, 0.25) is 5.02 Å². The number of rotatable bonds is 2. The predicted molar refractivity (Wildman–Crippen MR) is 78.7 cm³/mol. The third-order valence-corrected chi connectivity index (χ3v) is 3.55. The van der Waals surface area contributed by atoms with Crippen LogP contribution in [0.5, 0.6) is 0 Å². The summed E-state index contributed by atoms with van der Waals surface area (Å²) in [5.41, 5.74) is 1.88. The van der Waals surface area contributed by atoms with Crippen LogP contribution in [-0.2, 0) is 0 Å². The third-order valence-electron chi connectivity index (χ3n) is 2.92. The average molecular weight is 297 g/mol. The second kappa shape index (κ2) is 5.39. The minimum atomic E-state index is -0.373. The van der Waals surface area contributed by atoms with E-state index in [2.05, 4.69) is 9.97 Å². The molecule has 0 atom stereocenters. The quantitative estimate of drug-likeness (QED) is 0.787. The largest absolute Gasteiger partial charge is 0.343 e.